The third-order valence-corrected chi connectivity index (χ3v) is 4.22. The van der Waals surface area contributed by atoms with Gasteiger partial charge in [0.05, 0.1) is 5.69 Å². The molecule has 0 bridgehead atoms. The Labute approximate surface area is 128 Å². The number of nitrogens with zero attached hydrogens (tertiary/aromatic N) is 4. The minimum absolute atomic E-state index is 0.0648. The third kappa shape index (κ3) is 3.38. The van der Waals surface area contributed by atoms with Gasteiger partial charge in [0.2, 0.25) is 5.91 Å². The first-order valence-electron chi connectivity index (χ1n) is 7.10. The summed E-state index contributed by atoms with van der Waals surface area (Å²) < 4.78 is 3.89. The second-order valence-electron chi connectivity index (χ2n) is 5.25. The lowest BCUT2D eigenvalue weighted by molar-refractivity contribution is -0.134. The number of carbonyl (C=O) groups excluding carboxylic acids is 2. The number of aromatic nitrogens is 2. The number of hydrogen-bond acceptors (Lipinski definition) is 6. The first-order valence-corrected chi connectivity index (χ1v) is 7.87. The molecule has 8 heteroatoms. The fraction of sp³-hybridized carbons (Fsp3) is 0.692. The van der Waals surface area contributed by atoms with Gasteiger partial charge in [0.25, 0.3) is 5.91 Å². The number of carbonyl (C=O) groups is 2. The third-order valence-electron chi connectivity index (χ3n) is 3.47. The number of aryl methyl sites for hydroxylation is 1. The molecule has 1 aliphatic heterocycles. The van der Waals surface area contributed by atoms with Crippen LogP contribution in [0.2, 0.25) is 0 Å². The van der Waals surface area contributed by atoms with Crippen molar-refractivity contribution < 1.29 is 9.59 Å². The van der Waals surface area contributed by atoms with Crippen LogP contribution in [-0.2, 0) is 11.2 Å². The van der Waals surface area contributed by atoms with Gasteiger partial charge in [-0.05, 0) is 18.0 Å². The van der Waals surface area contributed by atoms with E-state index >= 15 is 0 Å². The number of amides is 2. The Balaban J connectivity index is 2.22. The van der Waals surface area contributed by atoms with Gasteiger partial charge >= 0.3 is 0 Å². The van der Waals surface area contributed by atoms with E-state index in [1.54, 1.807) is 19.0 Å². The summed E-state index contributed by atoms with van der Waals surface area (Å²) in [5.41, 5.74) is 0.738. The van der Waals surface area contributed by atoms with Crippen LogP contribution in [0.1, 0.15) is 28.7 Å². The Morgan fingerprint density at radius 3 is 2.90 bits per heavy atom. The van der Waals surface area contributed by atoms with E-state index in [4.69, 9.17) is 0 Å². The smallest absolute Gasteiger partial charge is 0.268 e. The van der Waals surface area contributed by atoms with Crippen molar-refractivity contribution in [3.8, 4) is 0 Å². The van der Waals surface area contributed by atoms with E-state index in [0.29, 0.717) is 24.5 Å². The number of likely N-dealkylation sites (N-methyl/N-ethyl adjacent to an activating group) is 1. The Morgan fingerprint density at radius 2 is 2.24 bits per heavy atom. The van der Waals surface area contributed by atoms with Crippen LogP contribution in [0.5, 0.6) is 0 Å². The minimum Gasteiger partial charge on any atom is -0.347 e. The number of hydrogen-bond donors (Lipinski definition) is 1. The molecular weight excluding hydrogens is 290 g/mol. The Kier molecular flexibility index (Phi) is 5.24. The molecule has 0 aromatic carbocycles. The van der Waals surface area contributed by atoms with E-state index in [1.165, 1.54) is 4.90 Å². The van der Waals surface area contributed by atoms with Gasteiger partial charge in [-0.2, -0.15) is 0 Å². The van der Waals surface area contributed by atoms with Gasteiger partial charge in [0, 0.05) is 33.7 Å². The maximum Gasteiger partial charge on any atom is 0.268 e. The molecule has 1 unspecified atom stereocenters. The van der Waals surface area contributed by atoms with Gasteiger partial charge < -0.3 is 15.1 Å². The maximum atomic E-state index is 12.8. The highest BCUT2D eigenvalue weighted by atomic mass is 32.1. The molecule has 7 nitrogen and oxygen atoms in total. The van der Waals surface area contributed by atoms with E-state index in [-0.39, 0.29) is 11.8 Å². The molecule has 1 saturated heterocycles. The molecule has 1 fully saturated rings. The average Bonchev–Trinajstić information content (AvgIpc) is 2.94. The zero-order chi connectivity index (χ0) is 15.4. The highest BCUT2D eigenvalue weighted by Crippen LogP contribution is 2.18. The summed E-state index contributed by atoms with van der Waals surface area (Å²) in [5, 5.41) is 7.21. The number of nitrogens with one attached hydrogen (secondary N) is 1. The molecule has 1 N–H and O–H groups in total. The first kappa shape index (κ1) is 15.8. The van der Waals surface area contributed by atoms with E-state index in [9.17, 15) is 9.59 Å². The predicted molar refractivity (Wildman–Crippen MR) is 80.3 cm³/mol. The second kappa shape index (κ2) is 6.95. The van der Waals surface area contributed by atoms with Gasteiger partial charge in [-0.15, -0.1) is 5.10 Å². The molecule has 2 amide bonds. The normalized spacial score (nSPS) is 18.6. The zero-order valence-corrected chi connectivity index (χ0v) is 13.4. The van der Waals surface area contributed by atoms with Crippen molar-refractivity contribution in [2.24, 2.45) is 0 Å². The standard InChI is InChI=1S/C13H21N5O2S/c1-4-5-9-11(21-16-15-9)13(20)18-7-6-14-8-10(18)12(19)17(2)3/h10,14H,4-8H2,1-3H3. The molecule has 1 aliphatic rings. The minimum atomic E-state index is -0.460. The Bertz CT molecular complexity index is 516. The molecule has 1 atom stereocenters. The van der Waals surface area contributed by atoms with Crippen molar-refractivity contribution in [2.45, 2.75) is 25.8 Å². The van der Waals surface area contributed by atoms with Crippen molar-refractivity contribution in [3.63, 3.8) is 0 Å². The maximum absolute atomic E-state index is 12.8. The molecule has 2 rings (SSSR count). The van der Waals surface area contributed by atoms with Gasteiger partial charge in [0.1, 0.15) is 10.9 Å². The Hall–Kier alpha value is -1.54. The monoisotopic (exact) mass is 311 g/mol. The molecule has 21 heavy (non-hydrogen) atoms. The van der Waals surface area contributed by atoms with Crippen molar-refractivity contribution in [1.82, 2.24) is 24.7 Å². The summed E-state index contributed by atoms with van der Waals surface area (Å²) >= 11 is 1.12. The van der Waals surface area contributed by atoms with Crippen molar-refractivity contribution in [2.75, 3.05) is 33.7 Å². The molecule has 2 heterocycles. The van der Waals surface area contributed by atoms with E-state index in [0.717, 1.165) is 30.1 Å². The topological polar surface area (TPSA) is 78.4 Å². The molecule has 0 saturated carbocycles. The van der Waals surface area contributed by atoms with Gasteiger partial charge in [-0.1, -0.05) is 17.8 Å². The Morgan fingerprint density at radius 1 is 1.48 bits per heavy atom. The highest BCUT2D eigenvalue weighted by molar-refractivity contribution is 7.08. The van der Waals surface area contributed by atoms with Crippen molar-refractivity contribution in [3.05, 3.63) is 10.6 Å². The molecule has 0 spiro atoms. The second-order valence-corrected chi connectivity index (χ2v) is 6.00. The summed E-state index contributed by atoms with van der Waals surface area (Å²) in [6.45, 7) is 3.74. The van der Waals surface area contributed by atoms with E-state index < -0.39 is 6.04 Å². The van der Waals surface area contributed by atoms with Crippen LogP contribution in [0, 0.1) is 0 Å². The average molecular weight is 311 g/mol. The van der Waals surface area contributed by atoms with Crippen molar-refractivity contribution >= 4 is 23.3 Å². The van der Waals surface area contributed by atoms with Crippen LogP contribution in [0.15, 0.2) is 0 Å². The fourth-order valence-corrected chi connectivity index (χ4v) is 3.03. The highest BCUT2D eigenvalue weighted by Gasteiger charge is 2.35. The van der Waals surface area contributed by atoms with Crippen LogP contribution < -0.4 is 5.32 Å². The van der Waals surface area contributed by atoms with Gasteiger partial charge in [-0.3, -0.25) is 9.59 Å². The van der Waals surface area contributed by atoms with Crippen molar-refractivity contribution in [1.29, 1.82) is 0 Å². The SMILES string of the molecule is CCCc1nnsc1C(=O)N1CCNCC1C(=O)N(C)C. The summed E-state index contributed by atoms with van der Waals surface area (Å²) in [6, 6.07) is -0.460. The van der Waals surface area contributed by atoms with Gasteiger partial charge in [0.15, 0.2) is 0 Å². The molecule has 0 aliphatic carbocycles. The van der Waals surface area contributed by atoms with E-state index in [1.807, 2.05) is 6.92 Å². The summed E-state index contributed by atoms with van der Waals surface area (Å²) in [4.78, 5) is 28.7. The van der Waals surface area contributed by atoms with Crippen LogP contribution in [0.25, 0.3) is 0 Å². The molecule has 1 aromatic heterocycles. The lowest BCUT2D eigenvalue weighted by Crippen LogP contribution is -2.59. The lowest BCUT2D eigenvalue weighted by atomic mass is 10.1. The number of piperazine rings is 1. The summed E-state index contributed by atoms with van der Waals surface area (Å²) in [5.74, 6) is -0.194. The quantitative estimate of drug-likeness (QED) is 0.846. The first-order chi connectivity index (χ1) is 10.1. The molecule has 116 valence electrons. The van der Waals surface area contributed by atoms with Crippen LogP contribution in [0.4, 0.5) is 0 Å². The van der Waals surface area contributed by atoms with Crippen LogP contribution in [-0.4, -0.2) is 71.0 Å². The summed E-state index contributed by atoms with van der Waals surface area (Å²) in [6.07, 6.45) is 1.64. The largest absolute Gasteiger partial charge is 0.347 e. The molecule has 1 aromatic rings. The molecular formula is C13H21N5O2S. The predicted octanol–water partition coefficient (Wildman–Crippen LogP) is -0.00720. The van der Waals surface area contributed by atoms with Crippen LogP contribution >= 0.6 is 11.5 Å². The fourth-order valence-electron chi connectivity index (χ4n) is 2.37. The number of rotatable bonds is 4. The molecule has 0 radical (unpaired) electrons. The van der Waals surface area contributed by atoms with Gasteiger partial charge in [-0.25, -0.2) is 0 Å². The van der Waals surface area contributed by atoms with E-state index in [2.05, 4.69) is 14.9 Å². The zero-order valence-electron chi connectivity index (χ0n) is 12.6. The summed E-state index contributed by atoms with van der Waals surface area (Å²) in [7, 11) is 3.41. The lowest BCUT2D eigenvalue weighted by Gasteiger charge is -2.36. The van der Waals surface area contributed by atoms with Crippen LogP contribution in [0.3, 0.4) is 0 Å².